The van der Waals surface area contributed by atoms with E-state index in [1.165, 1.54) is 9.81 Å². The molecule has 182 valence electrons. The number of nitrogens with zero attached hydrogens (tertiary/aromatic N) is 5. The maximum Gasteiger partial charge on any atom is 0.280 e. The van der Waals surface area contributed by atoms with Gasteiger partial charge >= 0.3 is 0 Å². The molecular weight excluding hydrogens is 444 g/mol. The summed E-state index contributed by atoms with van der Waals surface area (Å²) < 4.78 is 5.98. The maximum absolute atomic E-state index is 13.1. The molecule has 0 saturated carbocycles. The molecule has 2 heterocycles. The molecule has 9 heteroatoms. The van der Waals surface area contributed by atoms with E-state index in [1.807, 2.05) is 52.8 Å². The minimum Gasteiger partial charge on any atom is -0.480 e. The summed E-state index contributed by atoms with van der Waals surface area (Å²) >= 11 is 0. The molecule has 0 radical (unpaired) electrons. The zero-order chi connectivity index (χ0) is 25.3. The number of ether oxygens (including phenoxy) is 1. The molecule has 1 aromatic heterocycles. The van der Waals surface area contributed by atoms with E-state index in [1.54, 1.807) is 31.2 Å². The van der Waals surface area contributed by atoms with Crippen molar-refractivity contribution >= 4 is 28.9 Å². The highest BCUT2D eigenvalue weighted by atomic mass is 16.5. The van der Waals surface area contributed by atoms with E-state index in [2.05, 4.69) is 20.6 Å². The minimum absolute atomic E-state index is 0.234. The van der Waals surface area contributed by atoms with Gasteiger partial charge in [0.05, 0.1) is 22.8 Å². The number of aromatic nitrogens is 3. The van der Waals surface area contributed by atoms with E-state index in [9.17, 15) is 9.59 Å². The van der Waals surface area contributed by atoms with Crippen LogP contribution < -0.4 is 15.1 Å². The molecule has 2 aromatic carbocycles. The number of hydrazone groups is 1. The second kappa shape index (κ2) is 9.69. The van der Waals surface area contributed by atoms with Gasteiger partial charge in [-0.1, -0.05) is 24.6 Å². The number of amides is 2. The predicted octanol–water partition coefficient (Wildman–Crippen LogP) is 4.27. The molecule has 0 spiro atoms. The van der Waals surface area contributed by atoms with Crippen molar-refractivity contribution in [3.63, 3.8) is 0 Å². The average Bonchev–Trinajstić information content (AvgIpc) is 3.30. The molecule has 1 aliphatic rings. The second-order valence-corrected chi connectivity index (χ2v) is 8.80. The van der Waals surface area contributed by atoms with E-state index in [0.717, 1.165) is 22.5 Å². The Balaban J connectivity index is 1.44. The molecule has 2 amide bonds. The maximum atomic E-state index is 13.1. The van der Waals surface area contributed by atoms with Crippen LogP contribution in [0, 0.1) is 27.7 Å². The van der Waals surface area contributed by atoms with Crippen molar-refractivity contribution in [2.24, 2.45) is 5.10 Å². The smallest absolute Gasteiger partial charge is 0.280 e. The molecule has 0 fully saturated rings. The Morgan fingerprint density at radius 1 is 1.03 bits per heavy atom. The summed E-state index contributed by atoms with van der Waals surface area (Å²) in [5, 5.41) is 17.4. The van der Waals surface area contributed by atoms with Gasteiger partial charge in [-0.2, -0.15) is 25.1 Å². The lowest BCUT2D eigenvalue weighted by Gasteiger charge is -2.19. The first-order chi connectivity index (χ1) is 16.7. The van der Waals surface area contributed by atoms with Crippen molar-refractivity contribution in [2.75, 3.05) is 10.3 Å². The minimum atomic E-state index is -0.672. The third-order valence-corrected chi connectivity index (χ3v) is 6.00. The van der Waals surface area contributed by atoms with E-state index in [4.69, 9.17) is 4.74 Å². The highest BCUT2D eigenvalue weighted by Crippen LogP contribution is 2.28. The monoisotopic (exact) mass is 474 g/mol. The van der Waals surface area contributed by atoms with Gasteiger partial charge in [0.25, 0.3) is 11.8 Å². The van der Waals surface area contributed by atoms with Gasteiger partial charge in [0, 0.05) is 5.69 Å². The number of anilines is 2. The first-order valence-electron chi connectivity index (χ1n) is 11.6. The van der Waals surface area contributed by atoms with Crippen LogP contribution in [0.5, 0.6) is 5.75 Å². The van der Waals surface area contributed by atoms with Crippen LogP contribution in [0.15, 0.2) is 47.6 Å². The van der Waals surface area contributed by atoms with Gasteiger partial charge in [-0.25, -0.2) is 0 Å². The van der Waals surface area contributed by atoms with Gasteiger partial charge in [0.1, 0.15) is 5.75 Å². The summed E-state index contributed by atoms with van der Waals surface area (Å²) in [6, 6.07) is 12.2. The van der Waals surface area contributed by atoms with Crippen molar-refractivity contribution < 1.29 is 14.3 Å². The van der Waals surface area contributed by atoms with Crippen molar-refractivity contribution in [1.82, 2.24) is 15.0 Å². The predicted molar refractivity (Wildman–Crippen MR) is 135 cm³/mol. The zero-order valence-corrected chi connectivity index (χ0v) is 20.9. The molecule has 9 nitrogen and oxygen atoms in total. The molecule has 4 rings (SSSR count). The normalized spacial score (nSPS) is 16.3. The lowest BCUT2D eigenvalue weighted by atomic mass is 10.1. The number of nitrogens with one attached hydrogen (secondary N) is 1. The van der Waals surface area contributed by atoms with Crippen LogP contribution >= 0.6 is 0 Å². The molecule has 1 N–H and O–H groups in total. The van der Waals surface area contributed by atoms with Crippen molar-refractivity contribution in [1.29, 1.82) is 0 Å². The molecule has 0 aliphatic carbocycles. The van der Waals surface area contributed by atoms with E-state index in [-0.39, 0.29) is 11.8 Å². The number of carbonyl (C=O) groups excluding carboxylic acids is 2. The summed E-state index contributed by atoms with van der Waals surface area (Å²) in [6.45, 7) is 11.4. The third-order valence-electron chi connectivity index (χ3n) is 6.00. The second-order valence-electron chi connectivity index (χ2n) is 8.80. The summed E-state index contributed by atoms with van der Waals surface area (Å²) in [6.07, 6.45) is -0.104. The van der Waals surface area contributed by atoms with Crippen LogP contribution in [-0.4, -0.2) is 38.6 Å². The van der Waals surface area contributed by atoms with Crippen LogP contribution in [0.25, 0.3) is 0 Å². The Hall–Kier alpha value is -4.01. The van der Waals surface area contributed by atoms with E-state index >= 15 is 0 Å². The number of aryl methyl sites for hydroxylation is 4. The first kappa shape index (κ1) is 24.1. The first-order valence-corrected chi connectivity index (χ1v) is 11.6. The quantitative estimate of drug-likeness (QED) is 0.551. The Morgan fingerprint density at radius 3 is 2.29 bits per heavy atom. The molecule has 0 saturated heterocycles. The zero-order valence-electron chi connectivity index (χ0n) is 20.9. The molecule has 2 atom stereocenters. The molecule has 0 bridgehead atoms. The number of rotatable bonds is 7. The average molecular weight is 475 g/mol. The fraction of sp³-hybridized carbons (Fsp3) is 0.346. The number of hydrogen-bond acceptors (Lipinski definition) is 6. The number of carbonyl (C=O) groups is 2. The number of benzene rings is 2. The molecule has 3 aromatic rings. The van der Waals surface area contributed by atoms with Gasteiger partial charge in [0.2, 0.25) is 0 Å². The van der Waals surface area contributed by atoms with Crippen LogP contribution in [0.1, 0.15) is 48.8 Å². The van der Waals surface area contributed by atoms with Crippen LogP contribution in [-0.2, 0) is 9.59 Å². The van der Waals surface area contributed by atoms with Gasteiger partial charge in [-0.05, 0) is 76.9 Å². The van der Waals surface area contributed by atoms with Gasteiger partial charge in [-0.15, -0.1) is 0 Å². The Bertz CT molecular complexity index is 1280. The fourth-order valence-electron chi connectivity index (χ4n) is 3.91. The lowest BCUT2D eigenvalue weighted by molar-refractivity contribution is -0.123. The van der Waals surface area contributed by atoms with Crippen LogP contribution in [0.3, 0.4) is 0 Å². The van der Waals surface area contributed by atoms with Crippen LogP contribution in [0.4, 0.5) is 11.4 Å². The highest BCUT2D eigenvalue weighted by Gasteiger charge is 2.37. The SMILES string of the molecule is CCC(Oc1ccc(C)cc1C)C(=O)Nc1ccc(N2N=C(C)C(n3nc(C)c(C)n3)C2=O)cc1. The topological polar surface area (TPSA) is 102 Å². The van der Waals surface area contributed by atoms with Crippen molar-refractivity contribution in [3.05, 3.63) is 65.0 Å². The van der Waals surface area contributed by atoms with Gasteiger partial charge in [0.15, 0.2) is 12.1 Å². The van der Waals surface area contributed by atoms with Gasteiger partial charge < -0.3 is 10.1 Å². The standard InChI is InChI=1S/C26H30N6O3/c1-7-22(35-23-13-8-15(2)14-16(23)3)25(33)27-20-9-11-21(12-10-20)31-26(34)24(19(6)28-31)32-29-17(4)18(5)30-32/h8-14,22,24H,7H2,1-6H3,(H,27,33). The summed E-state index contributed by atoms with van der Waals surface area (Å²) in [5.74, 6) is 0.226. The summed E-state index contributed by atoms with van der Waals surface area (Å²) in [7, 11) is 0. The molecular formula is C26H30N6O3. The highest BCUT2D eigenvalue weighted by molar-refractivity contribution is 6.16. The Kier molecular flexibility index (Phi) is 6.68. The van der Waals surface area contributed by atoms with Gasteiger partial charge in [-0.3, -0.25) is 9.59 Å². The van der Waals surface area contributed by atoms with Crippen molar-refractivity contribution in [2.45, 2.75) is 60.1 Å². The van der Waals surface area contributed by atoms with E-state index in [0.29, 0.717) is 29.3 Å². The Morgan fingerprint density at radius 2 is 1.69 bits per heavy atom. The molecule has 1 aliphatic heterocycles. The summed E-state index contributed by atoms with van der Waals surface area (Å²) in [4.78, 5) is 27.3. The summed E-state index contributed by atoms with van der Waals surface area (Å²) in [5.41, 5.74) is 5.48. The molecule has 35 heavy (non-hydrogen) atoms. The fourth-order valence-corrected chi connectivity index (χ4v) is 3.91. The molecule has 2 unspecified atom stereocenters. The number of hydrogen-bond donors (Lipinski definition) is 1. The van der Waals surface area contributed by atoms with Crippen molar-refractivity contribution in [3.8, 4) is 5.75 Å². The lowest BCUT2D eigenvalue weighted by Crippen LogP contribution is -2.32. The third kappa shape index (κ3) is 4.94. The largest absolute Gasteiger partial charge is 0.480 e. The Labute approximate surface area is 204 Å². The van der Waals surface area contributed by atoms with Crippen LogP contribution in [0.2, 0.25) is 0 Å². The van der Waals surface area contributed by atoms with E-state index < -0.39 is 12.1 Å².